The largest absolute Gasteiger partial charge is 0.481 e. The molecule has 0 radical (unpaired) electrons. The van der Waals surface area contributed by atoms with Crippen molar-refractivity contribution in [2.75, 3.05) is 13.2 Å². The summed E-state index contributed by atoms with van der Waals surface area (Å²) in [6, 6.07) is 0. The van der Waals surface area contributed by atoms with Gasteiger partial charge in [0, 0.05) is 6.54 Å². The van der Waals surface area contributed by atoms with E-state index in [4.69, 9.17) is 15.6 Å². The predicted octanol–water partition coefficient (Wildman–Crippen LogP) is 2.41. The molecule has 0 aromatic carbocycles. The van der Waals surface area contributed by atoms with E-state index in [1.54, 1.807) is 13.8 Å². The van der Waals surface area contributed by atoms with Crippen LogP contribution in [0.25, 0.3) is 0 Å². The Morgan fingerprint density at radius 3 is 2.17 bits per heavy atom. The van der Waals surface area contributed by atoms with Gasteiger partial charge in [-0.1, -0.05) is 13.8 Å². The van der Waals surface area contributed by atoms with Gasteiger partial charge in [0.1, 0.15) is 0 Å². The number of carbonyl (C=O) groups is 1. The van der Waals surface area contributed by atoms with Crippen LogP contribution in [0.15, 0.2) is 0 Å². The van der Waals surface area contributed by atoms with E-state index < -0.39 is 11.4 Å². The van der Waals surface area contributed by atoms with Crippen molar-refractivity contribution in [3.8, 4) is 0 Å². The Bertz CT molecular complexity index is 300. The fourth-order valence-corrected chi connectivity index (χ4v) is 2.19. The average molecular weight is 257 g/mol. The van der Waals surface area contributed by atoms with Crippen molar-refractivity contribution >= 4 is 5.97 Å². The van der Waals surface area contributed by atoms with Gasteiger partial charge in [0.05, 0.1) is 17.6 Å². The fraction of sp³-hybridized carbons (Fsp3) is 0.929. The van der Waals surface area contributed by atoms with E-state index in [0.29, 0.717) is 12.0 Å². The molecule has 0 unspecified atom stereocenters. The third-order valence-electron chi connectivity index (χ3n) is 4.20. The first-order valence-electron chi connectivity index (χ1n) is 6.70. The summed E-state index contributed by atoms with van der Waals surface area (Å²) in [6.45, 7) is 8.58. The molecule has 0 atom stereocenters. The first kappa shape index (κ1) is 15.4. The molecule has 4 heteroatoms. The van der Waals surface area contributed by atoms with Crippen LogP contribution < -0.4 is 5.73 Å². The maximum Gasteiger partial charge on any atom is 0.311 e. The zero-order valence-electron chi connectivity index (χ0n) is 12.1. The Hall–Kier alpha value is -0.610. The molecule has 0 saturated heterocycles. The molecule has 0 bridgehead atoms. The first-order valence-corrected chi connectivity index (χ1v) is 6.70. The highest BCUT2D eigenvalue weighted by atomic mass is 16.5. The number of carboxylic acid groups (broad SMARTS) is 1. The van der Waals surface area contributed by atoms with Gasteiger partial charge in [-0.15, -0.1) is 0 Å². The van der Waals surface area contributed by atoms with Crippen LogP contribution in [0.3, 0.4) is 0 Å². The van der Waals surface area contributed by atoms with E-state index in [9.17, 15) is 4.79 Å². The summed E-state index contributed by atoms with van der Waals surface area (Å²) in [5, 5.41) is 9.10. The van der Waals surface area contributed by atoms with Crippen molar-refractivity contribution in [3.63, 3.8) is 0 Å². The third-order valence-corrected chi connectivity index (χ3v) is 4.20. The van der Waals surface area contributed by atoms with Gasteiger partial charge in [0.2, 0.25) is 0 Å². The summed E-state index contributed by atoms with van der Waals surface area (Å²) in [7, 11) is 0. The number of aliphatic carboxylic acids is 1. The summed E-state index contributed by atoms with van der Waals surface area (Å²) in [5.74, 6) is -0.828. The second kappa shape index (κ2) is 5.17. The lowest BCUT2D eigenvalue weighted by Crippen LogP contribution is -2.47. The van der Waals surface area contributed by atoms with Gasteiger partial charge in [-0.25, -0.2) is 0 Å². The minimum absolute atomic E-state index is 0.222. The van der Waals surface area contributed by atoms with Gasteiger partial charge in [0.25, 0.3) is 0 Å². The van der Waals surface area contributed by atoms with Gasteiger partial charge in [0.15, 0.2) is 0 Å². The van der Waals surface area contributed by atoms with Crippen molar-refractivity contribution in [1.82, 2.24) is 0 Å². The van der Waals surface area contributed by atoms with Crippen molar-refractivity contribution in [2.24, 2.45) is 16.6 Å². The highest BCUT2D eigenvalue weighted by molar-refractivity contribution is 5.73. The molecule has 0 spiro atoms. The van der Waals surface area contributed by atoms with Crippen molar-refractivity contribution in [2.45, 2.75) is 59.0 Å². The van der Waals surface area contributed by atoms with E-state index in [0.717, 1.165) is 25.7 Å². The van der Waals surface area contributed by atoms with Crippen LogP contribution in [0.2, 0.25) is 0 Å². The normalized spacial score (nSPS) is 22.7. The van der Waals surface area contributed by atoms with E-state index >= 15 is 0 Å². The topological polar surface area (TPSA) is 72.5 Å². The molecule has 18 heavy (non-hydrogen) atoms. The Balaban J connectivity index is 2.61. The molecule has 3 N–H and O–H groups in total. The van der Waals surface area contributed by atoms with Gasteiger partial charge in [-0.05, 0) is 44.9 Å². The minimum Gasteiger partial charge on any atom is -0.481 e. The number of hydrogen-bond donors (Lipinski definition) is 2. The van der Waals surface area contributed by atoms with Gasteiger partial charge >= 0.3 is 5.97 Å². The molecule has 0 heterocycles. The lowest BCUT2D eigenvalue weighted by atomic mass is 9.71. The SMILES string of the molecule is CC1(C)CCC(CN)(OCC(C)(C)C(=O)O)CC1. The molecule has 1 fully saturated rings. The predicted molar refractivity (Wildman–Crippen MR) is 71.4 cm³/mol. The summed E-state index contributed by atoms with van der Waals surface area (Å²) >= 11 is 0. The quantitative estimate of drug-likeness (QED) is 0.793. The molecule has 1 aliphatic carbocycles. The number of carboxylic acids is 1. The lowest BCUT2D eigenvalue weighted by molar-refractivity contribution is -0.158. The van der Waals surface area contributed by atoms with E-state index in [2.05, 4.69) is 13.8 Å². The van der Waals surface area contributed by atoms with Crippen LogP contribution in [0.1, 0.15) is 53.4 Å². The van der Waals surface area contributed by atoms with Crippen molar-refractivity contribution in [3.05, 3.63) is 0 Å². The summed E-state index contributed by atoms with van der Waals surface area (Å²) in [5.41, 5.74) is 5.04. The summed E-state index contributed by atoms with van der Waals surface area (Å²) < 4.78 is 5.93. The molecule has 0 aromatic rings. The molecule has 1 saturated carbocycles. The van der Waals surface area contributed by atoms with E-state index in [-0.39, 0.29) is 12.2 Å². The highest BCUT2D eigenvalue weighted by Crippen LogP contribution is 2.42. The third kappa shape index (κ3) is 3.69. The van der Waals surface area contributed by atoms with Crippen LogP contribution in [-0.4, -0.2) is 29.8 Å². The Morgan fingerprint density at radius 2 is 1.78 bits per heavy atom. The monoisotopic (exact) mass is 257 g/mol. The van der Waals surface area contributed by atoms with Gasteiger partial charge < -0.3 is 15.6 Å². The first-order chi connectivity index (χ1) is 8.13. The zero-order valence-corrected chi connectivity index (χ0v) is 12.1. The van der Waals surface area contributed by atoms with Crippen molar-refractivity contribution < 1.29 is 14.6 Å². The number of nitrogens with two attached hydrogens (primary N) is 1. The number of ether oxygens (including phenoxy) is 1. The average Bonchev–Trinajstić information content (AvgIpc) is 2.28. The van der Waals surface area contributed by atoms with E-state index in [1.807, 2.05) is 0 Å². The zero-order chi connectivity index (χ0) is 14.0. The number of rotatable bonds is 5. The Labute approximate surface area is 110 Å². The van der Waals surface area contributed by atoms with E-state index in [1.165, 1.54) is 0 Å². The number of hydrogen-bond acceptors (Lipinski definition) is 3. The molecule has 0 aliphatic heterocycles. The molecule has 1 aliphatic rings. The van der Waals surface area contributed by atoms with Crippen LogP contribution in [-0.2, 0) is 9.53 Å². The molecule has 106 valence electrons. The minimum atomic E-state index is -0.852. The maximum atomic E-state index is 11.1. The lowest BCUT2D eigenvalue weighted by Gasteiger charge is -2.43. The standard InChI is InChI=1S/C14H27NO3/c1-12(2)5-7-14(9-15,8-6-12)18-10-13(3,4)11(16)17/h5-10,15H2,1-4H3,(H,16,17). The molecule has 0 amide bonds. The second-order valence-electron chi connectivity index (χ2n) is 7.03. The molecular formula is C14H27NO3. The fourth-order valence-electron chi connectivity index (χ4n) is 2.19. The Kier molecular flexibility index (Phi) is 4.44. The van der Waals surface area contributed by atoms with Crippen LogP contribution in [0.4, 0.5) is 0 Å². The Morgan fingerprint density at radius 1 is 1.28 bits per heavy atom. The van der Waals surface area contributed by atoms with Gasteiger partial charge in [-0.2, -0.15) is 0 Å². The molecule has 0 aromatic heterocycles. The summed E-state index contributed by atoms with van der Waals surface area (Å²) in [4.78, 5) is 11.1. The van der Waals surface area contributed by atoms with Crippen LogP contribution >= 0.6 is 0 Å². The maximum absolute atomic E-state index is 11.1. The van der Waals surface area contributed by atoms with Gasteiger partial charge in [-0.3, -0.25) is 4.79 Å². The smallest absolute Gasteiger partial charge is 0.311 e. The highest BCUT2D eigenvalue weighted by Gasteiger charge is 2.40. The second-order valence-corrected chi connectivity index (χ2v) is 7.03. The molecule has 1 rings (SSSR count). The van der Waals surface area contributed by atoms with Crippen LogP contribution in [0, 0.1) is 10.8 Å². The molecule has 4 nitrogen and oxygen atoms in total. The van der Waals surface area contributed by atoms with Crippen LogP contribution in [0.5, 0.6) is 0 Å². The summed E-state index contributed by atoms with van der Waals surface area (Å²) in [6.07, 6.45) is 4.01. The van der Waals surface area contributed by atoms with Crippen molar-refractivity contribution in [1.29, 1.82) is 0 Å². The molecular weight excluding hydrogens is 230 g/mol.